The van der Waals surface area contributed by atoms with Crippen LogP contribution in [0.3, 0.4) is 0 Å². The van der Waals surface area contributed by atoms with Gasteiger partial charge in [-0.05, 0) is 24.3 Å². The fourth-order valence-electron chi connectivity index (χ4n) is 3.21. The molecule has 0 amide bonds. The molecule has 2 aromatic carbocycles. The number of hydrogen-bond acceptors (Lipinski definition) is 6. The number of aliphatic hydroxyl groups excluding tert-OH is 1. The highest BCUT2D eigenvalue weighted by Crippen LogP contribution is 2.42. The predicted octanol–water partition coefficient (Wildman–Crippen LogP) is 5.39. The van der Waals surface area contributed by atoms with E-state index in [0.717, 1.165) is 5.56 Å². The first-order valence-electron chi connectivity index (χ1n) is 8.85. The summed E-state index contributed by atoms with van der Waals surface area (Å²) in [7, 11) is 3.01. The minimum absolute atomic E-state index is 0.0241. The third-order valence-corrected chi connectivity index (χ3v) is 5.86. The molecule has 2 N–H and O–H groups in total. The van der Waals surface area contributed by atoms with Crippen molar-refractivity contribution in [1.29, 1.82) is 5.41 Å². The number of nitrogens with one attached hydrogen (secondary N) is 1. The van der Waals surface area contributed by atoms with Crippen molar-refractivity contribution < 1.29 is 19.0 Å². The maximum Gasteiger partial charge on any atom is 0.144 e. The van der Waals surface area contributed by atoms with E-state index in [9.17, 15) is 9.50 Å². The molecule has 30 heavy (non-hydrogen) atoms. The zero-order valence-corrected chi connectivity index (χ0v) is 17.6. The molecule has 0 fully saturated rings. The number of thiazole rings is 1. The van der Waals surface area contributed by atoms with Gasteiger partial charge in [0.1, 0.15) is 33.9 Å². The highest BCUT2D eigenvalue weighted by Gasteiger charge is 2.33. The Labute approximate surface area is 181 Å². The van der Waals surface area contributed by atoms with Crippen LogP contribution in [0.25, 0.3) is 16.8 Å². The third-order valence-electron chi connectivity index (χ3n) is 4.71. The van der Waals surface area contributed by atoms with Crippen LogP contribution >= 0.6 is 22.9 Å². The molecule has 0 bridgehead atoms. The van der Waals surface area contributed by atoms with Gasteiger partial charge >= 0.3 is 0 Å². The summed E-state index contributed by atoms with van der Waals surface area (Å²) < 4.78 is 23.9. The SMILES string of the molecule is COc1cc(N2CC(O)=C(c3nc(-c4ccc(F)cc4)cs3)C2=N)c(OC)cc1Cl. The number of amidine groups is 1. The summed E-state index contributed by atoms with van der Waals surface area (Å²) in [5.41, 5.74) is 2.28. The summed E-state index contributed by atoms with van der Waals surface area (Å²) in [6, 6.07) is 9.28. The van der Waals surface area contributed by atoms with Crippen molar-refractivity contribution in [3.63, 3.8) is 0 Å². The summed E-state index contributed by atoms with van der Waals surface area (Å²) >= 11 is 7.48. The summed E-state index contributed by atoms with van der Waals surface area (Å²) in [5.74, 6) is 0.660. The average Bonchev–Trinajstić information content (AvgIpc) is 3.32. The second kappa shape index (κ2) is 7.97. The van der Waals surface area contributed by atoms with E-state index in [1.807, 2.05) is 5.38 Å². The Morgan fingerprint density at radius 1 is 1.17 bits per heavy atom. The van der Waals surface area contributed by atoms with Gasteiger partial charge in [-0.1, -0.05) is 11.6 Å². The van der Waals surface area contributed by atoms with Crippen LogP contribution in [0.1, 0.15) is 5.01 Å². The summed E-state index contributed by atoms with van der Waals surface area (Å²) in [6.45, 7) is 0.0841. The van der Waals surface area contributed by atoms with E-state index in [1.165, 1.54) is 37.7 Å². The molecule has 2 heterocycles. The number of aromatic nitrogens is 1. The van der Waals surface area contributed by atoms with Gasteiger partial charge in [-0.3, -0.25) is 5.41 Å². The van der Waals surface area contributed by atoms with E-state index >= 15 is 0 Å². The number of benzene rings is 2. The highest BCUT2D eigenvalue weighted by molar-refractivity contribution is 7.11. The highest BCUT2D eigenvalue weighted by atomic mass is 35.5. The first kappa shape index (κ1) is 20.2. The number of halogens is 2. The van der Waals surface area contributed by atoms with E-state index in [2.05, 4.69) is 4.98 Å². The smallest absolute Gasteiger partial charge is 0.144 e. The lowest BCUT2D eigenvalue weighted by molar-refractivity contribution is 0.400. The Kier molecular flexibility index (Phi) is 5.36. The fourth-order valence-corrected chi connectivity index (χ4v) is 4.33. The van der Waals surface area contributed by atoms with Crippen LogP contribution in [0, 0.1) is 11.2 Å². The topological polar surface area (TPSA) is 78.7 Å². The normalized spacial score (nSPS) is 13.9. The first-order chi connectivity index (χ1) is 14.4. The number of nitrogens with zero attached hydrogens (tertiary/aromatic N) is 2. The van der Waals surface area contributed by atoms with Crippen LogP contribution in [-0.4, -0.2) is 36.7 Å². The molecule has 1 aliphatic heterocycles. The zero-order valence-electron chi connectivity index (χ0n) is 16.1. The van der Waals surface area contributed by atoms with E-state index < -0.39 is 0 Å². The molecule has 0 aliphatic carbocycles. The summed E-state index contributed by atoms with van der Waals surface area (Å²) in [4.78, 5) is 6.14. The second-order valence-electron chi connectivity index (χ2n) is 6.46. The van der Waals surface area contributed by atoms with Crippen LogP contribution in [0.4, 0.5) is 10.1 Å². The predicted molar refractivity (Wildman–Crippen MR) is 117 cm³/mol. The molecule has 3 aromatic rings. The van der Waals surface area contributed by atoms with E-state index in [1.54, 1.807) is 29.2 Å². The molecule has 1 aliphatic rings. The van der Waals surface area contributed by atoms with Gasteiger partial charge in [0.2, 0.25) is 0 Å². The van der Waals surface area contributed by atoms with Crippen molar-refractivity contribution >= 4 is 40.0 Å². The number of anilines is 1. The lowest BCUT2D eigenvalue weighted by Gasteiger charge is -2.22. The average molecular weight is 446 g/mol. The zero-order chi connectivity index (χ0) is 21.4. The van der Waals surface area contributed by atoms with Crippen molar-refractivity contribution in [2.75, 3.05) is 25.7 Å². The molecule has 0 unspecified atom stereocenters. The second-order valence-corrected chi connectivity index (χ2v) is 7.73. The molecule has 6 nitrogen and oxygen atoms in total. The minimum Gasteiger partial charge on any atom is -0.510 e. The third kappa shape index (κ3) is 3.48. The van der Waals surface area contributed by atoms with Gasteiger partial charge in [0.25, 0.3) is 0 Å². The van der Waals surface area contributed by atoms with Crippen LogP contribution in [0.2, 0.25) is 5.02 Å². The number of hydrogen-bond donors (Lipinski definition) is 2. The van der Waals surface area contributed by atoms with E-state index in [0.29, 0.717) is 38.5 Å². The molecule has 4 rings (SSSR count). The summed E-state index contributed by atoms with van der Waals surface area (Å²) in [6.07, 6.45) is 0. The van der Waals surface area contributed by atoms with Crippen LogP contribution in [0.5, 0.6) is 11.5 Å². The minimum atomic E-state index is -0.324. The monoisotopic (exact) mass is 445 g/mol. The van der Waals surface area contributed by atoms with Crippen molar-refractivity contribution in [2.45, 2.75) is 0 Å². The Morgan fingerprint density at radius 3 is 2.53 bits per heavy atom. The van der Waals surface area contributed by atoms with Crippen molar-refractivity contribution in [3.8, 4) is 22.8 Å². The molecular weight excluding hydrogens is 429 g/mol. The van der Waals surface area contributed by atoms with Gasteiger partial charge in [-0.2, -0.15) is 0 Å². The van der Waals surface area contributed by atoms with Crippen LogP contribution in [0.15, 0.2) is 47.5 Å². The van der Waals surface area contributed by atoms with E-state index in [-0.39, 0.29) is 24.0 Å². The molecule has 154 valence electrons. The Hall–Kier alpha value is -3.10. The quantitative estimate of drug-likeness (QED) is 0.550. The molecule has 1 aromatic heterocycles. The standard InChI is InChI=1S/C21H17ClFN3O3S/c1-28-17-8-15(18(29-2)7-13(17)22)26-9-16(27)19(20(26)24)21-25-14(10-30-21)11-3-5-12(23)6-4-11/h3-8,10,24,27H,9H2,1-2H3. The van der Waals surface area contributed by atoms with Gasteiger partial charge in [-0.15, -0.1) is 11.3 Å². The molecule has 9 heteroatoms. The van der Waals surface area contributed by atoms with Gasteiger partial charge in [0.15, 0.2) is 0 Å². The molecule has 0 spiro atoms. The maximum atomic E-state index is 13.2. The van der Waals surface area contributed by atoms with Gasteiger partial charge < -0.3 is 19.5 Å². The number of methoxy groups -OCH3 is 2. The number of rotatable bonds is 5. The fraction of sp³-hybridized carbons (Fsp3) is 0.143. The molecule has 0 atom stereocenters. The van der Waals surface area contributed by atoms with Crippen LogP contribution in [-0.2, 0) is 0 Å². The largest absolute Gasteiger partial charge is 0.510 e. The number of ether oxygens (including phenoxy) is 2. The van der Waals surface area contributed by atoms with Crippen molar-refractivity contribution in [1.82, 2.24) is 4.98 Å². The first-order valence-corrected chi connectivity index (χ1v) is 10.1. The Bertz CT molecular complexity index is 1160. The maximum absolute atomic E-state index is 13.2. The van der Waals surface area contributed by atoms with Crippen molar-refractivity contribution in [3.05, 3.63) is 63.4 Å². The van der Waals surface area contributed by atoms with Gasteiger partial charge in [0.05, 0.1) is 42.7 Å². The van der Waals surface area contributed by atoms with E-state index in [4.69, 9.17) is 26.5 Å². The van der Waals surface area contributed by atoms with Gasteiger partial charge in [-0.25, -0.2) is 9.37 Å². The molecule has 0 saturated carbocycles. The van der Waals surface area contributed by atoms with Gasteiger partial charge in [0, 0.05) is 23.1 Å². The van der Waals surface area contributed by atoms with Crippen molar-refractivity contribution in [2.24, 2.45) is 0 Å². The molecule has 0 saturated heterocycles. The van der Waals surface area contributed by atoms with Crippen LogP contribution < -0.4 is 14.4 Å². The molecular formula is C21H17ClFN3O3S. The Balaban J connectivity index is 1.68. The lowest BCUT2D eigenvalue weighted by atomic mass is 10.2. The molecule has 0 radical (unpaired) electrons. The summed E-state index contributed by atoms with van der Waals surface area (Å²) in [5, 5.41) is 22.0. The lowest BCUT2D eigenvalue weighted by Crippen LogP contribution is -2.26. The number of aliphatic hydroxyl groups is 1. The Morgan fingerprint density at radius 2 is 1.87 bits per heavy atom.